The van der Waals surface area contributed by atoms with Crippen LogP contribution in [0.15, 0.2) is 47.4 Å². The quantitative estimate of drug-likeness (QED) is 0.707. The third kappa shape index (κ3) is 3.98. The first-order valence-corrected chi connectivity index (χ1v) is 9.19. The Labute approximate surface area is 158 Å². The molecular weight excluding hydrogens is 340 g/mol. The Bertz CT molecular complexity index is 935. The third-order valence-corrected chi connectivity index (χ3v) is 4.67. The highest BCUT2D eigenvalue weighted by atomic mass is 16.4. The van der Waals surface area contributed by atoms with Crippen LogP contribution >= 0.6 is 0 Å². The van der Waals surface area contributed by atoms with Gasteiger partial charge in [-0.2, -0.15) is 5.10 Å². The van der Waals surface area contributed by atoms with Crippen molar-refractivity contribution in [1.29, 1.82) is 0 Å². The van der Waals surface area contributed by atoms with Crippen LogP contribution in [0.2, 0.25) is 0 Å². The van der Waals surface area contributed by atoms with Crippen molar-refractivity contribution < 1.29 is 4.42 Å². The minimum Gasteiger partial charge on any atom is -0.419 e. The fraction of sp³-hybridized carbons (Fsp3) is 0.400. The van der Waals surface area contributed by atoms with Crippen molar-refractivity contribution in [3.05, 3.63) is 54.5 Å². The van der Waals surface area contributed by atoms with Gasteiger partial charge in [0.2, 0.25) is 11.8 Å². The first-order chi connectivity index (χ1) is 13.0. The van der Waals surface area contributed by atoms with Gasteiger partial charge < -0.3 is 4.42 Å². The molecule has 0 saturated heterocycles. The van der Waals surface area contributed by atoms with Crippen LogP contribution in [0.5, 0.6) is 0 Å². The predicted molar refractivity (Wildman–Crippen MR) is 103 cm³/mol. The number of hydrogen-bond acceptors (Lipinski definition) is 6. The fourth-order valence-electron chi connectivity index (χ4n) is 3.09. The zero-order valence-corrected chi connectivity index (χ0v) is 16.0. The van der Waals surface area contributed by atoms with Gasteiger partial charge in [-0.1, -0.05) is 6.08 Å². The van der Waals surface area contributed by atoms with Gasteiger partial charge in [0.15, 0.2) is 0 Å². The van der Waals surface area contributed by atoms with Crippen LogP contribution in [-0.4, -0.2) is 43.0 Å². The van der Waals surface area contributed by atoms with Gasteiger partial charge in [-0.15, -0.1) is 10.2 Å². The van der Waals surface area contributed by atoms with Gasteiger partial charge in [0.05, 0.1) is 23.8 Å². The van der Waals surface area contributed by atoms with Crippen LogP contribution < -0.4 is 0 Å². The maximum Gasteiger partial charge on any atom is 0.249 e. The summed E-state index contributed by atoms with van der Waals surface area (Å²) in [6, 6.07) is 3.77. The molecule has 0 saturated carbocycles. The molecule has 0 amide bonds. The Balaban J connectivity index is 1.39. The van der Waals surface area contributed by atoms with Crippen molar-refractivity contribution in [3.8, 4) is 11.5 Å². The van der Waals surface area contributed by atoms with Gasteiger partial charge in [0, 0.05) is 37.2 Å². The van der Waals surface area contributed by atoms with E-state index in [1.807, 2.05) is 23.0 Å². The minimum atomic E-state index is 0.00342. The summed E-state index contributed by atoms with van der Waals surface area (Å²) in [5.74, 6) is 1.15. The van der Waals surface area contributed by atoms with Crippen LogP contribution in [-0.2, 0) is 12.1 Å². The normalized spacial score (nSPS) is 15.7. The van der Waals surface area contributed by atoms with Crippen molar-refractivity contribution in [2.45, 2.75) is 39.3 Å². The van der Waals surface area contributed by atoms with E-state index in [0.717, 1.165) is 25.1 Å². The predicted octanol–water partition coefficient (Wildman–Crippen LogP) is 3.37. The van der Waals surface area contributed by atoms with Crippen molar-refractivity contribution in [2.75, 3.05) is 13.1 Å². The summed E-state index contributed by atoms with van der Waals surface area (Å²) in [5.41, 5.74) is 3.40. The van der Waals surface area contributed by atoms with E-state index < -0.39 is 0 Å². The second-order valence-corrected chi connectivity index (χ2v) is 7.80. The molecule has 0 N–H and O–H groups in total. The first kappa shape index (κ1) is 17.6. The van der Waals surface area contributed by atoms with E-state index in [1.165, 1.54) is 11.1 Å². The van der Waals surface area contributed by atoms with E-state index >= 15 is 0 Å². The van der Waals surface area contributed by atoms with Gasteiger partial charge in [0.1, 0.15) is 0 Å². The molecule has 0 aromatic carbocycles. The summed E-state index contributed by atoms with van der Waals surface area (Å²) in [5, 5.41) is 12.8. The molecule has 4 heterocycles. The zero-order valence-electron chi connectivity index (χ0n) is 16.0. The number of rotatable bonds is 4. The number of aromatic nitrogens is 5. The van der Waals surface area contributed by atoms with Crippen molar-refractivity contribution in [1.82, 2.24) is 29.9 Å². The number of nitrogens with zero attached hydrogens (tertiary/aromatic N) is 6. The van der Waals surface area contributed by atoms with Crippen molar-refractivity contribution in [2.24, 2.45) is 0 Å². The summed E-state index contributed by atoms with van der Waals surface area (Å²) in [7, 11) is 0. The van der Waals surface area contributed by atoms with Crippen molar-refractivity contribution in [3.63, 3.8) is 0 Å². The van der Waals surface area contributed by atoms with Crippen LogP contribution in [0, 0.1) is 0 Å². The summed E-state index contributed by atoms with van der Waals surface area (Å²) in [6.45, 7) is 8.94. The average molecular weight is 364 g/mol. The molecule has 0 atom stereocenters. The largest absolute Gasteiger partial charge is 0.419 e. The van der Waals surface area contributed by atoms with E-state index in [-0.39, 0.29) is 5.54 Å². The topological polar surface area (TPSA) is 72.9 Å². The van der Waals surface area contributed by atoms with E-state index in [9.17, 15) is 0 Å². The smallest absolute Gasteiger partial charge is 0.249 e. The van der Waals surface area contributed by atoms with E-state index in [1.54, 1.807) is 12.4 Å². The molecule has 140 valence electrons. The highest BCUT2D eigenvalue weighted by Crippen LogP contribution is 2.25. The molecule has 1 aliphatic rings. The van der Waals surface area contributed by atoms with E-state index in [4.69, 9.17) is 4.42 Å². The lowest BCUT2D eigenvalue weighted by atomic mass is 10.0. The number of pyridine rings is 1. The Hall–Kier alpha value is -2.80. The molecule has 27 heavy (non-hydrogen) atoms. The summed E-state index contributed by atoms with van der Waals surface area (Å²) >= 11 is 0. The zero-order chi connectivity index (χ0) is 18.9. The average Bonchev–Trinajstić information content (AvgIpc) is 3.33. The molecule has 1 aliphatic heterocycles. The molecule has 7 nitrogen and oxygen atoms in total. The second-order valence-electron chi connectivity index (χ2n) is 7.80. The maximum absolute atomic E-state index is 5.79. The van der Waals surface area contributed by atoms with E-state index in [0.29, 0.717) is 18.3 Å². The minimum absolute atomic E-state index is 0.00342. The molecule has 0 unspecified atom stereocenters. The molecule has 0 radical (unpaired) electrons. The molecule has 7 heteroatoms. The van der Waals surface area contributed by atoms with Gasteiger partial charge in [-0.3, -0.25) is 14.6 Å². The van der Waals surface area contributed by atoms with Crippen LogP contribution in [0.1, 0.15) is 38.6 Å². The maximum atomic E-state index is 5.79. The van der Waals surface area contributed by atoms with Crippen LogP contribution in [0.4, 0.5) is 0 Å². The van der Waals surface area contributed by atoms with Crippen molar-refractivity contribution >= 4 is 5.57 Å². The van der Waals surface area contributed by atoms with Crippen LogP contribution in [0.25, 0.3) is 17.0 Å². The van der Waals surface area contributed by atoms with Gasteiger partial charge in [-0.25, -0.2) is 0 Å². The third-order valence-electron chi connectivity index (χ3n) is 4.67. The van der Waals surface area contributed by atoms with Gasteiger partial charge in [0.25, 0.3) is 0 Å². The molecule has 0 aliphatic carbocycles. The number of hydrogen-bond donors (Lipinski definition) is 0. The Kier molecular flexibility index (Phi) is 4.61. The SMILES string of the molecule is CC(C)(C)n1cc(C2=CCN(Cc3nnc(-c4cccnc4)o3)CC2)cn1. The fourth-order valence-corrected chi connectivity index (χ4v) is 3.09. The monoisotopic (exact) mass is 364 g/mol. The molecule has 0 bridgehead atoms. The Morgan fingerprint density at radius 3 is 2.70 bits per heavy atom. The Morgan fingerprint density at radius 1 is 1.15 bits per heavy atom. The highest BCUT2D eigenvalue weighted by Gasteiger charge is 2.19. The molecule has 0 fully saturated rings. The molecule has 0 spiro atoms. The van der Waals surface area contributed by atoms with Gasteiger partial charge in [-0.05, 0) is 44.9 Å². The lowest BCUT2D eigenvalue weighted by Gasteiger charge is -2.24. The summed E-state index contributed by atoms with van der Waals surface area (Å²) < 4.78 is 7.81. The first-order valence-electron chi connectivity index (χ1n) is 9.19. The van der Waals surface area contributed by atoms with Gasteiger partial charge >= 0.3 is 0 Å². The van der Waals surface area contributed by atoms with Crippen LogP contribution in [0.3, 0.4) is 0 Å². The summed E-state index contributed by atoms with van der Waals surface area (Å²) in [6.07, 6.45) is 10.8. The molecule has 3 aromatic heterocycles. The second kappa shape index (κ2) is 7.08. The lowest BCUT2D eigenvalue weighted by molar-refractivity contribution is 0.263. The molecule has 3 aromatic rings. The molecule has 4 rings (SSSR count). The van der Waals surface area contributed by atoms with E-state index in [2.05, 4.69) is 58.2 Å². The Morgan fingerprint density at radius 2 is 2.04 bits per heavy atom. The standard InChI is InChI=1S/C20H24N6O/c1-20(2,3)26-13-17(12-22-26)15-6-9-25(10-7-15)14-18-23-24-19(27-18)16-5-4-8-21-11-16/h4-6,8,11-13H,7,9-10,14H2,1-3H3. The molecular formula is C20H24N6O. The summed E-state index contributed by atoms with van der Waals surface area (Å²) in [4.78, 5) is 6.39. The lowest BCUT2D eigenvalue weighted by Crippen LogP contribution is -2.28. The highest BCUT2D eigenvalue weighted by molar-refractivity contribution is 5.65.